The van der Waals surface area contributed by atoms with Gasteiger partial charge >= 0.3 is 0 Å². The van der Waals surface area contributed by atoms with Crippen LogP contribution in [0.5, 0.6) is 0 Å². The Kier molecular flexibility index (Phi) is 4.79. The summed E-state index contributed by atoms with van der Waals surface area (Å²) in [6.07, 6.45) is 2.45. The Labute approximate surface area is 114 Å². The van der Waals surface area contributed by atoms with Gasteiger partial charge in [0.25, 0.3) is 0 Å². The molecule has 0 amide bonds. The van der Waals surface area contributed by atoms with Gasteiger partial charge in [-0.2, -0.15) is 9.97 Å². The number of nitrogens with zero attached hydrogens (tertiary/aromatic N) is 2. The third-order valence-electron chi connectivity index (χ3n) is 3.38. The second-order valence-corrected chi connectivity index (χ2v) is 4.93. The maximum Gasteiger partial charge on any atom is 0.223 e. The van der Waals surface area contributed by atoms with E-state index >= 15 is 0 Å². The van der Waals surface area contributed by atoms with E-state index in [4.69, 9.17) is 10.5 Å². The Morgan fingerprint density at radius 3 is 2.74 bits per heavy atom. The van der Waals surface area contributed by atoms with Gasteiger partial charge in [-0.15, -0.1) is 0 Å². The summed E-state index contributed by atoms with van der Waals surface area (Å²) in [7, 11) is 0. The number of hydrogen-bond donors (Lipinski definition) is 3. The lowest BCUT2D eigenvalue weighted by atomic mass is 10.0. The average Bonchev–Trinajstić information content (AvgIpc) is 2.79. The van der Waals surface area contributed by atoms with Gasteiger partial charge in [0.1, 0.15) is 11.6 Å². The summed E-state index contributed by atoms with van der Waals surface area (Å²) in [6, 6.07) is 1.90. The molecule has 1 fully saturated rings. The van der Waals surface area contributed by atoms with Crippen LogP contribution in [0, 0.1) is 5.92 Å². The van der Waals surface area contributed by atoms with Crippen molar-refractivity contribution < 1.29 is 4.74 Å². The lowest BCUT2D eigenvalue weighted by Crippen LogP contribution is -2.21. The van der Waals surface area contributed by atoms with Crippen molar-refractivity contribution in [3.63, 3.8) is 0 Å². The van der Waals surface area contributed by atoms with Crippen molar-refractivity contribution in [2.75, 3.05) is 36.1 Å². The molecule has 4 N–H and O–H groups in total. The van der Waals surface area contributed by atoms with Crippen LogP contribution >= 0.6 is 0 Å². The highest BCUT2D eigenvalue weighted by Gasteiger charge is 2.23. The fourth-order valence-corrected chi connectivity index (χ4v) is 2.18. The number of nitrogen functional groups attached to an aromatic ring is 1. The third kappa shape index (κ3) is 3.96. The minimum atomic E-state index is 0.291. The second kappa shape index (κ2) is 6.56. The van der Waals surface area contributed by atoms with E-state index in [1.807, 2.05) is 6.07 Å². The molecule has 2 unspecified atom stereocenters. The first-order chi connectivity index (χ1) is 9.19. The lowest BCUT2D eigenvalue weighted by molar-refractivity contribution is 0.108. The fraction of sp³-hybridized carbons (Fsp3) is 0.692. The van der Waals surface area contributed by atoms with Gasteiger partial charge in [0.15, 0.2) is 0 Å². The van der Waals surface area contributed by atoms with Crippen molar-refractivity contribution in [2.24, 2.45) is 5.92 Å². The van der Waals surface area contributed by atoms with Crippen molar-refractivity contribution in [1.29, 1.82) is 0 Å². The SMILES string of the molecule is CCCNc1cc(NCC2CCOC2C)nc(N)n1. The highest BCUT2D eigenvalue weighted by atomic mass is 16.5. The van der Waals surface area contributed by atoms with Gasteiger partial charge < -0.3 is 21.1 Å². The van der Waals surface area contributed by atoms with Crippen LogP contribution in [-0.4, -0.2) is 35.8 Å². The summed E-state index contributed by atoms with van der Waals surface area (Å²) in [4.78, 5) is 8.36. The Hall–Kier alpha value is -1.56. The standard InChI is InChI=1S/C13H23N5O/c1-3-5-15-11-7-12(18-13(14)17-11)16-8-10-4-6-19-9(10)2/h7,9-10H,3-6,8H2,1-2H3,(H4,14,15,16,17,18). The average molecular weight is 265 g/mol. The maximum atomic E-state index is 5.72. The van der Waals surface area contributed by atoms with E-state index in [9.17, 15) is 0 Å². The van der Waals surface area contributed by atoms with Gasteiger partial charge in [-0.25, -0.2) is 0 Å². The van der Waals surface area contributed by atoms with Crippen LogP contribution in [0.4, 0.5) is 17.6 Å². The molecule has 0 aliphatic carbocycles. The first-order valence-electron chi connectivity index (χ1n) is 6.93. The Morgan fingerprint density at radius 2 is 2.11 bits per heavy atom. The molecular formula is C13H23N5O. The van der Waals surface area contributed by atoms with E-state index in [0.29, 0.717) is 18.0 Å². The van der Waals surface area contributed by atoms with E-state index in [1.54, 1.807) is 0 Å². The first-order valence-corrected chi connectivity index (χ1v) is 6.93. The van der Waals surface area contributed by atoms with Crippen LogP contribution in [0.1, 0.15) is 26.7 Å². The molecule has 19 heavy (non-hydrogen) atoms. The quantitative estimate of drug-likeness (QED) is 0.726. The molecule has 2 rings (SSSR count). The van der Waals surface area contributed by atoms with Crippen molar-refractivity contribution in [3.05, 3.63) is 6.07 Å². The van der Waals surface area contributed by atoms with Gasteiger partial charge in [0.2, 0.25) is 5.95 Å². The molecule has 1 saturated heterocycles. The monoisotopic (exact) mass is 265 g/mol. The molecule has 1 aromatic rings. The number of anilines is 3. The van der Waals surface area contributed by atoms with Crippen molar-refractivity contribution in [2.45, 2.75) is 32.8 Å². The Balaban J connectivity index is 1.93. The van der Waals surface area contributed by atoms with Crippen LogP contribution in [-0.2, 0) is 4.74 Å². The van der Waals surface area contributed by atoms with E-state index in [0.717, 1.165) is 44.2 Å². The number of nitrogens with two attached hydrogens (primary N) is 1. The number of hydrogen-bond acceptors (Lipinski definition) is 6. The van der Waals surface area contributed by atoms with Crippen LogP contribution in [0.15, 0.2) is 6.07 Å². The molecule has 0 aromatic carbocycles. The summed E-state index contributed by atoms with van der Waals surface area (Å²) < 4.78 is 5.54. The molecule has 0 radical (unpaired) electrons. The summed E-state index contributed by atoms with van der Waals surface area (Å²) in [5.41, 5.74) is 5.72. The summed E-state index contributed by atoms with van der Waals surface area (Å²) in [5.74, 6) is 2.36. The van der Waals surface area contributed by atoms with E-state index < -0.39 is 0 Å². The van der Waals surface area contributed by atoms with Crippen LogP contribution in [0.2, 0.25) is 0 Å². The lowest BCUT2D eigenvalue weighted by Gasteiger charge is -2.15. The van der Waals surface area contributed by atoms with Gasteiger partial charge in [0, 0.05) is 31.7 Å². The fourth-order valence-electron chi connectivity index (χ4n) is 2.18. The molecule has 0 saturated carbocycles. The first kappa shape index (κ1) is 13.9. The molecule has 6 heteroatoms. The molecule has 1 aliphatic rings. The molecule has 2 heterocycles. The predicted octanol–water partition coefficient (Wildman–Crippen LogP) is 1.72. The van der Waals surface area contributed by atoms with Crippen LogP contribution in [0.25, 0.3) is 0 Å². The molecule has 106 valence electrons. The minimum absolute atomic E-state index is 0.291. The number of rotatable bonds is 6. The van der Waals surface area contributed by atoms with E-state index in [-0.39, 0.29) is 0 Å². The molecule has 1 aromatic heterocycles. The smallest absolute Gasteiger partial charge is 0.223 e. The summed E-state index contributed by atoms with van der Waals surface area (Å²) >= 11 is 0. The Bertz CT molecular complexity index is 412. The molecule has 2 atom stereocenters. The van der Waals surface area contributed by atoms with Gasteiger partial charge in [-0.05, 0) is 19.8 Å². The zero-order valence-corrected chi connectivity index (χ0v) is 11.6. The molecular weight excluding hydrogens is 242 g/mol. The Morgan fingerprint density at radius 1 is 1.37 bits per heavy atom. The summed E-state index contributed by atoms with van der Waals surface area (Å²) in [6.45, 7) is 6.80. The molecule has 6 nitrogen and oxygen atoms in total. The van der Waals surface area contributed by atoms with Crippen molar-refractivity contribution in [3.8, 4) is 0 Å². The molecule has 1 aliphatic heterocycles. The zero-order valence-electron chi connectivity index (χ0n) is 11.6. The van der Waals surface area contributed by atoms with E-state index in [1.165, 1.54) is 0 Å². The largest absolute Gasteiger partial charge is 0.378 e. The number of aromatic nitrogens is 2. The topological polar surface area (TPSA) is 85.1 Å². The molecule has 0 spiro atoms. The predicted molar refractivity (Wildman–Crippen MR) is 77.2 cm³/mol. The zero-order chi connectivity index (χ0) is 13.7. The van der Waals surface area contributed by atoms with Crippen LogP contribution < -0.4 is 16.4 Å². The van der Waals surface area contributed by atoms with Crippen LogP contribution in [0.3, 0.4) is 0 Å². The maximum absolute atomic E-state index is 5.72. The third-order valence-corrected chi connectivity index (χ3v) is 3.38. The highest BCUT2D eigenvalue weighted by molar-refractivity contribution is 5.51. The van der Waals surface area contributed by atoms with Crippen molar-refractivity contribution >= 4 is 17.6 Å². The number of ether oxygens (including phenoxy) is 1. The summed E-state index contributed by atoms with van der Waals surface area (Å²) in [5, 5.41) is 6.54. The van der Waals surface area contributed by atoms with E-state index in [2.05, 4.69) is 34.4 Å². The molecule has 0 bridgehead atoms. The van der Waals surface area contributed by atoms with Gasteiger partial charge in [0.05, 0.1) is 6.10 Å². The normalized spacial score (nSPS) is 22.4. The highest BCUT2D eigenvalue weighted by Crippen LogP contribution is 2.21. The number of nitrogens with one attached hydrogen (secondary N) is 2. The van der Waals surface area contributed by atoms with Crippen molar-refractivity contribution in [1.82, 2.24) is 9.97 Å². The second-order valence-electron chi connectivity index (χ2n) is 4.93. The van der Waals surface area contributed by atoms with Gasteiger partial charge in [-0.3, -0.25) is 0 Å². The minimum Gasteiger partial charge on any atom is -0.378 e. The van der Waals surface area contributed by atoms with Gasteiger partial charge in [-0.1, -0.05) is 6.92 Å².